The number of halogens is 1. The van der Waals surface area contributed by atoms with Crippen LogP contribution in [0, 0.1) is 3.57 Å². The van der Waals surface area contributed by atoms with Crippen molar-refractivity contribution >= 4 is 45.0 Å². The monoisotopic (exact) mass is 405 g/mol. The zero-order valence-electron chi connectivity index (χ0n) is 11.7. The number of carbonyl (C=O) groups is 1. The van der Waals surface area contributed by atoms with E-state index in [0.717, 1.165) is 3.57 Å². The number of anilines is 1. The lowest BCUT2D eigenvalue weighted by molar-refractivity contribution is 0.102. The zero-order chi connectivity index (χ0) is 15.7. The van der Waals surface area contributed by atoms with Crippen LogP contribution in [-0.4, -0.2) is 15.7 Å². The van der Waals surface area contributed by atoms with Crippen LogP contribution < -0.4 is 10.9 Å². The fraction of sp³-hybridized carbons (Fsp3) is 0.0625. The van der Waals surface area contributed by atoms with Crippen LogP contribution >= 0.6 is 22.6 Å². The second-order valence-electron chi connectivity index (χ2n) is 4.78. The highest BCUT2D eigenvalue weighted by Crippen LogP contribution is 2.16. The van der Waals surface area contributed by atoms with Crippen molar-refractivity contribution in [3.63, 3.8) is 0 Å². The van der Waals surface area contributed by atoms with Gasteiger partial charge in [0.2, 0.25) is 0 Å². The molecule has 0 saturated carbocycles. The topological polar surface area (TPSA) is 64.0 Å². The summed E-state index contributed by atoms with van der Waals surface area (Å²) >= 11 is 2.20. The molecule has 1 N–H and O–H groups in total. The van der Waals surface area contributed by atoms with E-state index >= 15 is 0 Å². The number of aromatic nitrogens is 2. The molecule has 1 amide bonds. The Morgan fingerprint density at radius 1 is 1.09 bits per heavy atom. The lowest BCUT2D eigenvalue weighted by Gasteiger charge is -2.09. The standard InChI is InChI=1S/C16H12IN3O2/c1-20-16(22)13-5-3-2-4-12(13)14(19-20)15(21)18-11-8-6-10(17)7-9-11/h2-9H,1H3,(H,18,21). The van der Waals surface area contributed by atoms with Crippen molar-refractivity contribution in [3.8, 4) is 0 Å². The number of nitrogens with zero attached hydrogens (tertiary/aromatic N) is 2. The van der Waals surface area contributed by atoms with Crippen molar-refractivity contribution in [1.82, 2.24) is 9.78 Å². The van der Waals surface area contributed by atoms with Gasteiger partial charge in [0.15, 0.2) is 5.69 Å². The van der Waals surface area contributed by atoms with E-state index in [9.17, 15) is 9.59 Å². The summed E-state index contributed by atoms with van der Waals surface area (Å²) < 4.78 is 2.27. The maximum atomic E-state index is 12.5. The summed E-state index contributed by atoms with van der Waals surface area (Å²) in [6.45, 7) is 0. The number of amides is 1. The van der Waals surface area contributed by atoms with E-state index in [0.29, 0.717) is 16.5 Å². The molecule has 1 heterocycles. The fourth-order valence-electron chi connectivity index (χ4n) is 2.19. The van der Waals surface area contributed by atoms with Gasteiger partial charge >= 0.3 is 0 Å². The van der Waals surface area contributed by atoms with Gasteiger partial charge < -0.3 is 5.32 Å². The molecule has 6 heteroatoms. The smallest absolute Gasteiger partial charge is 0.276 e. The van der Waals surface area contributed by atoms with Gasteiger partial charge in [-0.1, -0.05) is 18.2 Å². The molecule has 5 nitrogen and oxygen atoms in total. The average molecular weight is 405 g/mol. The molecule has 0 unspecified atom stereocenters. The zero-order valence-corrected chi connectivity index (χ0v) is 13.9. The number of aryl methyl sites for hydroxylation is 1. The minimum atomic E-state index is -0.340. The van der Waals surface area contributed by atoms with Crippen molar-refractivity contribution in [3.05, 3.63) is 68.1 Å². The summed E-state index contributed by atoms with van der Waals surface area (Å²) in [6, 6.07) is 14.4. The first-order valence-electron chi connectivity index (χ1n) is 6.59. The van der Waals surface area contributed by atoms with Gasteiger partial charge in [0.05, 0.1) is 5.39 Å². The highest BCUT2D eigenvalue weighted by molar-refractivity contribution is 14.1. The fourth-order valence-corrected chi connectivity index (χ4v) is 2.55. The Labute approximate surface area is 140 Å². The van der Waals surface area contributed by atoms with E-state index in [1.165, 1.54) is 11.7 Å². The first-order chi connectivity index (χ1) is 10.6. The van der Waals surface area contributed by atoms with Gasteiger partial charge in [-0.05, 0) is 52.9 Å². The Hall–Kier alpha value is -2.22. The third kappa shape index (κ3) is 2.74. The summed E-state index contributed by atoms with van der Waals surface area (Å²) in [4.78, 5) is 24.6. The van der Waals surface area contributed by atoms with Crippen molar-refractivity contribution in [2.45, 2.75) is 0 Å². The van der Waals surface area contributed by atoms with Gasteiger partial charge in [-0.15, -0.1) is 0 Å². The highest BCUT2D eigenvalue weighted by Gasteiger charge is 2.15. The Kier molecular flexibility index (Phi) is 3.93. The molecule has 0 radical (unpaired) electrons. The number of fused-ring (bicyclic) bond motifs is 1. The molecule has 2 aromatic carbocycles. The SMILES string of the molecule is Cn1nc(C(=O)Nc2ccc(I)cc2)c2ccccc2c1=O. The van der Waals surface area contributed by atoms with E-state index in [2.05, 4.69) is 33.0 Å². The van der Waals surface area contributed by atoms with E-state index in [1.807, 2.05) is 24.3 Å². The van der Waals surface area contributed by atoms with E-state index in [-0.39, 0.29) is 17.2 Å². The van der Waals surface area contributed by atoms with Crippen molar-refractivity contribution in [2.75, 3.05) is 5.32 Å². The minimum Gasteiger partial charge on any atom is -0.321 e. The van der Waals surface area contributed by atoms with Gasteiger partial charge in [0, 0.05) is 21.7 Å². The van der Waals surface area contributed by atoms with E-state index in [1.54, 1.807) is 24.3 Å². The third-order valence-electron chi connectivity index (χ3n) is 3.27. The van der Waals surface area contributed by atoms with Crippen LogP contribution in [0.4, 0.5) is 5.69 Å². The van der Waals surface area contributed by atoms with Crippen LogP contribution in [0.25, 0.3) is 10.8 Å². The molecule has 0 aliphatic heterocycles. The summed E-state index contributed by atoms with van der Waals surface area (Å²) in [5.74, 6) is -0.340. The third-order valence-corrected chi connectivity index (χ3v) is 3.99. The quantitative estimate of drug-likeness (QED) is 0.667. The molecular formula is C16H12IN3O2. The molecule has 3 rings (SSSR count). The first kappa shape index (κ1) is 14.7. The highest BCUT2D eigenvalue weighted by atomic mass is 127. The Balaban J connectivity index is 2.06. The largest absolute Gasteiger partial charge is 0.321 e. The Morgan fingerprint density at radius 2 is 1.73 bits per heavy atom. The number of hydrogen-bond donors (Lipinski definition) is 1. The maximum absolute atomic E-state index is 12.5. The molecule has 110 valence electrons. The van der Waals surface area contributed by atoms with Gasteiger partial charge in [-0.3, -0.25) is 9.59 Å². The van der Waals surface area contributed by atoms with Crippen LogP contribution in [0.5, 0.6) is 0 Å². The van der Waals surface area contributed by atoms with Crippen LogP contribution in [0.3, 0.4) is 0 Å². The molecule has 0 atom stereocenters. The molecule has 0 bridgehead atoms. The molecule has 0 aliphatic rings. The van der Waals surface area contributed by atoms with Crippen LogP contribution in [0.1, 0.15) is 10.5 Å². The molecule has 0 saturated heterocycles. The number of hydrogen-bond acceptors (Lipinski definition) is 3. The first-order valence-corrected chi connectivity index (χ1v) is 7.67. The summed E-state index contributed by atoms with van der Waals surface area (Å²) in [5, 5.41) is 7.94. The lowest BCUT2D eigenvalue weighted by atomic mass is 10.1. The molecule has 3 aromatic rings. The second kappa shape index (κ2) is 5.88. The lowest BCUT2D eigenvalue weighted by Crippen LogP contribution is -2.25. The predicted octanol–water partition coefficient (Wildman–Crippen LogP) is 2.79. The molecule has 1 aromatic heterocycles. The molecule has 22 heavy (non-hydrogen) atoms. The molecule has 0 aliphatic carbocycles. The van der Waals surface area contributed by atoms with Gasteiger partial charge in [0.1, 0.15) is 0 Å². The van der Waals surface area contributed by atoms with Gasteiger partial charge in [-0.25, -0.2) is 4.68 Å². The number of nitrogens with one attached hydrogen (secondary N) is 1. The number of rotatable bonds is 2. The normalized spacial score (nSPS) is 10.6. The summed E-state index contributed by atoms with van der Waals surface area (Å²) in [6.07, 6.45) is 0. The molecule has 0 spiro atoms. The minimum absolute atomic E-state index is 0.221. The van der Waals surface area contributed by atoms with Crippen molar-refractivity contribution in [1.29, 1.82) is 0 Å². The summed E-state index contributed by atoms with van der Waals surface area (Å²) in [5.41, 5.74) is 0.697. The van der Waals surface area contributed by atoms with Crippen LogP contribution in [-0.2, 0) is 7.05 Å². The number of benzene rings is 2. The van der Waals surface area contributed by atoms with Crippen molar-refractivity contribution < 1.29 is 4.79 Å². The maximum Gasteiger partial charge on any atom is 0.276 e. The summed E-state index contributed by atoms with van der Waals surface area (Å²) in [7, 11) is 1.54. The Bertz CT molecular complexity index is 917. The second-order valence-corrected chi connectivity index (χ2v) is 6.03. The molecule has 0 fully saturated rings. The van der Waals surface area contributed by atoms with Gasteiger partial charge in [0.25, 0.3) is 11.5 Å². The van der Waals surface area contributed by atoms with Crippen molar-refractivity contribution in [2.24, 2.45) is 7.05 Å². The Morgan fingerprint density at radius 3 is 2.41 bits per heavy atom. The molecular weight excluding hydrogens is 393 g/mol. The average Bonchev–Trinajstić information content (AvgIpc) is 2.53. The predicted molar refractivity (Wildman–Crippen MR) is 94.1 cm³/mol. The number of carbonyl (C=O) groups excluding carboxylic acids is 1. The van der Waals surface area contributed by atoms with E-state index in [4.69, 9.17) is 0 Å². The van der Waals surface area contributed by atoms with Crippen LogP contribution in [0.15, 0.2) is 53.3 Å². The van der Waals surface area contributed by atoms with E-state index < -0.39 is 0 Å². The van der Waals surface area contributed by atoms with Crippen LogP contribution in [0.2, 0.25) is 0 Å². The van der Waals surface area contributed by atoms with Gasteiger partial charge in [-0.2, -0.15) is 5.10 Å².